The number of amides is 1. The molecule has 0 fully saturated rings. The van der Waals surface area contributed by atoms with Crippen LogP contribution in [-0.4, -0.2) is 10.9 Å². The second-order valence-corrected chi connectivity index (χ2v) is 5.11. The zero-order valence-corrected chi connectivity index (χ0v) is 11.4. The molecule has 1 N–H and O–H groups in total. The van der Waals surface area contributed by atoms with Gasteiger partial charge >= 0.3 is 0 Å². The van der Waals surface area contributed by atoms with Gasteiger partial charge in [0, 0.05) is 11.6 Å². The van der Waals surface area contributed by atoms with Crippen LogP contribution in [0.2, 0.25) is 0 Å². The summed E-state index contributed by atoms with van der Waals surface area (Å²) in [5.41, 5.74) is 0.831. The second kappa shape index (κ2) is 6.43. The molecule has 1 aromatic heterocycles. The summed E-state index contributed by atoms with van der Waals surface area (Å²) in [6.07, 6.45) is 3.25. The van der Waals surface area contributed by atoms with E-state index in [4.69, 9.17) is 0 Å². The third kappa shape index (κ3) is 3.61. The Bertz CT molecular complexity index is 525. The van der Waals surface area contributed by atoms with E-state index in [1.54, 1.807) is 18.3 Å². The highest BCUT2D eigenvalue weighted by Gasteiger charge is 2.20. The van der Waals surface area contributed by atoms with Crippen LogP contribution in [0, 0.1) is 5.82 Å². The lowest BCUT2D eigenvalue weighted by atomic mass is 9.94. The summed E-state index contributed by atoms with van der Waals surface area (Å²) in [6, 6.07) is 6.09. The normalized spacial score (nSPS) is 12.1. The number of nitrogens with zero attached hydrogens (tertiary/aromatic N) is 1. The van der Waals surface area contributed by atoms with Gasteiger partial charge in [-0.3, -0.25) is 4.79 Å². The van der Waals surface area contributed by atoms with E-state index in [0.29, 0.717) is 5.13 Å². The van der Waals surface area contributed by atoms with Gasteiger partial charge < -0.3 is 5.32 Å². The first kappa shape index (κ1) is 13.7. The lowest BCUT2D eigenvalue weighted by Crippen LogP contribution is -2.21. The zero-order valence-electron chi connectivity index (χ0n) is 10.6. The zero-order chi connectivity index (χ0) is 13.7. The summed E-state index contributed by atoms with van der Waals surface area (Å²) in [6.45, 7) is 2.02. The molecule has 0 aliphatic carbocycles. The van der Waals surface area contributed by atoms with Crippen LogP contribution in [0.3, 0.4) is 0 Å². The number of benzene rings is 1. The molecule has 0 spiro atoms. The molecule has 2 rings (SSSR count). The van der Waals surface area contributed by atoms with Crippen LogP contribution in [0.25, 0.3) is 0 Å². The predicted molar refractivity (Wildman–Crippen MR) is 74.8 cm³/mol. The summed E-state index contributed by atoms with van der Waals surface area (Å²) in [5.74, 6) is -0.655. The summed E-state index contributed by atoms with van der Waals surface area (Å²) < 4.78 is 12.9. The van der Waals surface area contributed by atoms with Crippen LogP contribution in [0.5, 0.6) is 0 Å². The molecule has 1 amide bonds. The number of thiazole rings is 1. The Morgan fingerprint density at radius 2 is 2.16 bits per heavy atom. The number of anilines is 1. The molecule has 0 bridgehead atoms. The van der Waals surface area contributed by atoms with Crippen molar-refractivity contribution in [3.63, 3.8) is 0 Å². The van der Waals surface area contributed by atoms with Crippen molar-refractivity contribution in [1.82, 2.24) is 4.98 Å². The molecule has 0 saturated carbocycles. The van der Waals surface area contributed by atoms with Crippen molar-refractivity contribution in [3.8, 4) is 0 Å². The molecule has 0 aliphatic rings. The van der Waals surface area contributed by atoms with Crippen molar-refractivity contribution in [2.45, 2.75) is 25.7 Å². The van der Waals surface area contributed by atoms with E-state index in [1.807, 2.05) is 12.3 Å². The van der Waals surface area contributed by atoms with Gasteiger partial charge in [-0.15, -0.1) is 11.3 Å². The van der Waals surface area contributed by atoms with E-state index in [2.05, 4.69) is 10.3 Å². The van der Waals surface area contributed by atoms with Crippen molar-refractivity contribution in [3.05, 3.63) is 47.2 Å². The van der Waals surface area contributed by atoms with Gasteiger partial charge in [0.25, 0.3) is 0 Å². The fourth-order valence-electron chi connectivity index (χ4n) is 1.91. The topological polar surface area (TPSA) is 42.0 Å². The van der Waals surface area contributed by atoms with Gasteiger partial charge in [0.05, 0.1) is 5.92 Å². The fraction of sp³-hybridized carbons (Fsp3) is 0.286. The Balaban J connectivity index is 2.14. The molecule has 1 atom stereocenters. The Labute approximate surface area is 115 Å². The average Bonchev–Trinajstić information content (AvgIpc) is 2.90. The summed E-state index contributed by atoms with van der Waals surface area (Å²) >= 11 is 1.38. The van der Waals surface area contributed by atoms with E-state index in [9.17, 15) is 9.18 Å². The number of aromatic nitrogens is 1. The quantitative estimate of drug-likeness (QED) is 0.903. The minimum Gasteiger partial charge on any atom is -0.301 e. The highest BCUT2D eigenvalue weighted by atomic mass is 32.1. The molecule has 0 aliphatic heterocycles. The molecule has 1 aromatic carbocycles. The third-order valence-corrected chi connectivity index (χ3v) is 3.52. The molecule has 0 saturated heterocycles. The van der Waals surface area contributed by atoms with Crippen molar-refractivity contribution in [2.75, 3.05) is 5.32 Å². The van der Waals surface area contributed by atoms with Gasteiger partial charge in [0.1, 0.15) is 5.82 Å². The minimum absolute atomic E-state index is 0.0941. The van der Waals surface area contributed by atoms with Gasteiger partial charge in [-0.25, -0.2) is 9.37 Å². The molecular formula is C14H15FN2OS. The molecule has 1 heterocycles. The largest absolute Gasteiger partial charge is 0.301 e. The maximum absolute atomic E-state index is 12.9. The first-order valence-electron chi connectivity index (χ1n) is 6.16. The van der Waals surface area contributed by atoms with Crippen LogP contribution in [0.15, 0.2) is 35.8 Å². The van der Waals surface area contributed by atoms with Gasteiger partial charge in [-0.1, -0.05) is 25.5 Å². The minimum atomic E-state index is -0.292. The van der Waals surface area contributed by atoms with Gasteiger partial charge in [0.15, 0.2) is 5.13 Å². The summed E-state index contributed by atoms with van der Waals surface area (Å²) in [4.78, 5) is 16.3. The Kier molecular flexibility index (Phi) is 4.63. The van der Waals surface area contributed by atoms with Crippen molar-refractivity contribution in [2.24, 2.45) is 0 Å². The van der Waals surface area contributed by atoms with E-state index in [1.165, 1.54) is 23.5 Å². The van der Waals surface area contributed by atoms with Crippen molar-refractivity contribution in [1.29, 1.82) is 0 Å². The summed E-state index contributed by atoms with van der Waals surface area (Å²) in [7, 11) is 0. The molecule has 19 heavy (non-hydrogen) atoms. The van der Waals surface area contributed by atoms with Gasteiger partial charge in [-0.2, -0.15) is 0 Å². The van der Waals surface area contributed by atoms with Crippen LogP contribution in [0.1, 0.15) is 31.2 Å². The highest BCUT2D eigenvalue weighted by Crippen LogP contribution is 2.24. The van der Waals surface area contributed by atoms with Gasteiger partial charge in [0.2, 0.25) is 5.91 Å². The Hall–Kier alpha value is -1.75. The maximum atomic E-state index is 12.9. The van der Waals surface area contributed by atoms with Crippen LogP contribution >= 0.6 is 11.3 Å². The first-order valence-corrected chi connectivity index (χ1v) is 7.04. The molecule has 5 heteroatoms. The Morgan fingerprint density at radius 3 is 2.74 bits per heavy atom. The lowest BCUT2D eigenvalue weighted by Gasteiger charge is -2.15. The predicted octanol–water partition coefficient (Wildman–Crippen LogP) is 3.80. The van der Waals surface area contributed by atoms with Crippen LogP contribution < -0.4 is 5.32 Å². The lowest BCUT2D eigenvalue weighted by molar-refractivity contribution is -0.117. The molecular weight excluding hydrogens is 263 g/mol. The molecule has 100 valence electrons. The monoisotopic (exact) mass is 278 g/mol. The highest BCUT2D eigenvalue weighted by molar-refractivity contribution is 7.13. The van der Waals surface area contributed by atoms with Gasteiger partial charge in [-0.05, 0) is 24.1 Å². The standard InChI is InChI=1S/C14H15FN2OS/c1-2-3-12(10-4-6-11(15)7-5-10)13(18)17-14-16-8-9-19-14/h4-9,12H,2-3H2,1H3,(H,16,17,18). The SMILES string of the molecule is CCCC(C(=O)Nc1nccs1)c1ccc(F)cc1. The van der Waals surface area contributed by atoms with Crippen molar-refractivity contribution >= 4 is 22.4 Å². The fourth-order valence-corrected chi connectivity index (χ4v) is 2.44. The third-order valence-electron chi connectivity index (χ3n) is 2.83. The summed E-state index contributed by atoms with van der Waals surface area (Å²) in [5, 5.41) is 5.19. The second-order valence-electron chi connectivity index (χ2n) is 4.22. The number of carbonyl (C=O) groups is 1. The molecule has 2 aromatic rings. The molecule has 3 nitrogen and oxygen atoms in total. The van der Waals surface area contributed by atoms with E-state index >= 15 is 0 Å². The maximum Gasteiger partial charge on any atom is 0.233 e. The molecule has 0 radical (unpaired) electrons. The smallest absolute Gasteiger partial charge is 0.233 e. The van der Waals surface area contributed by atoms with Crippen LogP contribution in [-0.2, 0) is 4.79 Å². The number of hydrogen-bond donors (Lipinski definition) is 1. The van der Waals surface area contributed by atoms with E-state index in [0.717, 1.165) is 18.4 Å². The number of hydrogen-bond acceptors (Lipinski definition) is 3. The number of halogens is 1. The number of rotatable bonds is 5. The van der Waals surface area contributed by atoms with Crippen molar-refractivity contribution < 1.29 is 9.18 Å². The van der Waals surface area contributed by atoms with E-state index < -0.39 is 0 Å². The molecule has 1 unspecified atom stereocenters. The average molecular weight is 278 g/mol. The van der Waals surface area contributed by atoms with E-state index in [-0.39, 0.29) is 17.6 Å². The number of nitrogens with one attached hydrogen (secondary N) is 1. The first-order chi connectivity index (χ1) is 9.20. The number of carbonyl (C=O) groups excluding carboxylic acids is 1. The Morgan fingerprint density at radius 1 is 1.42 bits per heavy atom. The van der Waals surface area contributed by atoms with Crippen LogP contribution in [0.4, 0.5) is 9.52 Å².